The third-order valence-electron chi connectivity index (χ3n) is 4.82. The van der Waals surface area contributed by atoms with Gasteiger partial charge in [-0.3, -0.25) is 4.79 Å². The number of hydrogen-bond acceptors (Lipinski definition) is 2. The van der Waals surface area contributed by atoms with Crippen molar-refractivity contribution in [1.82, 2.24) is 5.32 Å². The standard InChI is InChI=1S/C20H27NO2/c1-4-5-9-16-10-11-17(14-18(16)23-3)19(22)21-15-20(2)12-7-6-8-13-20/h1,10-11,14H,5-9,12-13,15H2,2-3H3,(H,21,22). The molecule has 0 radical (unpaired) electrons. The van der Waals surface area contributed by atoms with E-state index in [1.807, 2.05) is 18.2 Å². The first-order valence-electron chi connectivity index (χ1n) is 8.46. The van der Waals surface area contributed by atoms with Gasteiger partial charge in [0.15, 0.2) is 0 Å². The van der Waals surface area contributed by atoms with Crippen LogP contribution in [0.4, 0.5) is 0 Å². The van der Waals surface area contributed by atoms with Gasteiger partial charge in [0, 0.05) is 18.5 Å². The molecule has 0 unspecified atom stereocenters. The Hall–Kier alpha value is -1.95. The van der Waals surface area contributed by atoms with Crippen molar-refractivity contribution in [2.24, 2.45) is 5.41 Å². The Labute approximate surface area is 139 Å². The molecule has 124 valence electrons. The second kappa shape index (κ2) is 8.06. The van der Waals surface area contributed by atoms with Gasteiger partial charge in [0.05, 0.1) is 7.11 Å². The molecule has 1 N–H and O–H groups in total. The number of hydrogen-bond donors (Lipinski definition) is 1. The van der Waals surface area contributed by atoms with E-state index in [0.29, 0.717) is 12.0 Å². The van der Waals surface area contributed by atoms with Crippen LogP contribution in [0.5, 0.6) is 5.75 Å². The van der Waals surface area contributed by atoms with Crippen LogP contribution in [0.15, 0.2) is 18.2 Å². The van der Waals surface area contributed by atoms with E-state index in [-0.39, 0.29) is 11.3 Å². The molecule has 1 saturated carbocycles. The normalized spacial score (nSPS) is 16.4. The minimum Gasteiger partial charge on any atom is -0.496 e. The minimum absolute atomic E-state index is 0.0291. The lowest BCUT2D eigenvalue weighted by atomic mass is 9.76. The maximum atomic E-state index is 12.4. The highest BCUT2D eigenvalue weighted by Crippen LogP contribution is 2.35. The molecule has 1 aliphatic rings. The van der Waals surface area contributed by atoms with Crippen LogP contribution in [0, 0.1) is 17.8 Å². The zero-order valence-corrected chi connectivity index (χ0v) is 14.3. The van der Waals surface area contributed by atoms with Crippen LogP contribution in [0.1, 0.15) is 61.4 Å². The number of methoxy groups -OCH3 is 1. The summed E-state index contributed by atoms with van der Waals surface area (Å²) in [5, 5.41) is 3.10. The summed E-state index contributed by atoms with van der Waals surface area (Å²) in [4.78, 5) is 12.4. The van der Waals surface area contributed by atoms with Gasteiger partial charge >= 0.3 is 0 Å². The van der Waals surface area contributed by atoms with Gasteiger partial charge in [0.2, 0.25) is 0 Å². The summed E-state index contributed by atoms with van der Waals surface area (Å²) >= 11 is 0. The highest BCUT2D eigenvalue weighted by atomic mass is 16.5. The van der Waals surface area contributed by atoms with Crippen LogP contribution in [-0.2, 0) is 6.42 Å². The summed E-state index contributed by atoms with van der Waals surface area (Å²) in [6.45, 7) is 3.02. The number of carbonyl (C=O) groups excluding carboxylic acids is 1. The number of nitrogens with one attached hydrogen (secondary N) is 1. The van der Waals surface area contributed by atoms with E-state index in [9.17, 15) is 4.79 Å². The Morgan fingerprint density at radius 2 is 2.09 bits per heavy atom. The van der Waals surface area contributed by atoms with Gasteiger partial charge in [0.25, 0.3) is 5.91 Å². The topological polar surface area (TPSA) is 38.3 Å². The number of carbonyl (C=O) groups is 1. The van der Waals surface area contributed by atoms with E-state index in [1.54, 1.807) is 7.11 Å². The maximum Gasteiger partial charge on any atom is 0.251 e. The third kappa shape index (κ3) is 4.76. The third-order valence-corrected chi connectivity index (χ3v) is 4.82. The highest BCUT2D eigenvalue weighted by molar-refractivity contribution is 5.94. The molecule has 23 heavy (non-hydrogen) atoms. The SMILES string of the molecule is C#CCCc1ccc(C(=O)NCC2(C)CCCCC2)cc1OC. The average molecular weight is 313 g/mol. The van der Waals surface area contributed by atoms with Gasteiger partial charge in [-0.05, 0) is 42.4 Å². The average Bonchev–Trinajstić information content (AvgIpc) is 2.58. The molecule has 1 aliphatic carbocycles. The molecular formula is C20H27NO2. The Morgan fingerprint density at radius 1 is 1.35 bits per heavy atom. The first kappa shape index (κ1) is 17.4. The molecular weight excluding hydrogens is 286 g/mol. The molecule has 0 bridgehead atoms. The first-order chi connectivity index (χ1) is 11.1. The fraction of sp³-hybridized carbons (Fsp3) is 0.550. The Kier molecular flexibility index (Phi) is 6.10. The van der Waals surface area contributed by atoms with Crippen molar-refractivity contribution < 1.29 is 9.53 Å². The van der Waals surface area contributed by atoms with Gasteiger partial charge in [0.1, 0.15) is 5.75 Å². The molecule has 1 amide bonds. The van der Waals surface area contributed by atoms with Crippen LogP contribution >= 0.6 is 0 Å². The van der Waals surface area contributed by atoms with Crippen LogP contribution in [0.2, 0.25) is 0 Å². The second-order valence-corrected chi connectivity index (χ2v) is 6.78. The maximum absolute atomic E-state index is 12.4. The lowest BCUT2D eigenvalue weighted by molar-refractivity contribution is 0.0919. The molecule has 1 aromatic rings. The highest BCUT2D eigenvalue weighted by Gasteiger charge is 2.27. The lowest BCUT2D eigenvalue weighted by Crippen LogP contribution is -2.37. The van der Waals surface area contributed by atoms with Crippen molar-refractivity contribution in [1.29, 1.82) is 0 Å². The Bertz CT molecular complexity index is 580. The van der Waals surface area contributed by atoms with Crippen LogP contribution in [0.3, 0.4) is 0 Å². The van der Waals surface area contributed by atoms with Gasteiger partial charge in [-0.25, -0.2) is 0 Å². The Morgan fingerprint density at radius 3 is 2.74 bits per heavy atom. The lowest BCUT2D eigenvalue weighted by Gasteiger charge is -2.33. The Balaban J connectivity index is 2.00. The molecule has 0 atom stereocenters. The smallest absolute Gasteiger partial charge is 0.251 e. The van der Waals surface area contributed by atoms with Crippen LogP contribution in [-0.4, -0.2) is 19.6 Å². The molecule has 3 heteroatoms. The number of terminal acetylenes is 1. The predicted molar refractivity (Wildman–Crippen MR) is 93.7 cm³/mol. The van der Waals surface area contributed by atoms with Crippen molar-refractivity contribution in [3.8, 4) is 18.1 Å². The summed E-state index contributed by atoms with van der Waals surface area (Å²) < 4.78 is 5.40. The van der Waals surface area contributed by atoms with E-state index in [2.05, 4.69) is 18.2 Å². The summed E-state index contributed by atoms with van der Waals surface area (Å²) in [5.74, 6) is 3.33. The molecule has 3 nitrogen and oxygen atoms in total. The van der Waals surface area contributed by atoms with Gasteiger partial charge in [-0.2, -0.15) is 0 Å². The van der Waals surface area contributed by atoms with E-state index >= 15 is 0 Å². The molecule has 0 aromatic heterocycles. The number of rotatable bonds is 6. The molecule has 0 saturated heterocycles. The number of aryl methyl sites for hydroxylation is 1. The molecule has 1 aromatic carbocycles. The predicted octanol–water partition coefficient (Wildman–Crippen LogP) is 3.96. The van der Waals surface area contributed by atoms with Gasteiger partial charge < -0.3 is 10.1 Å². The number of amides is 1. The van der Waals surface area contributed by atoms with E-state index in [1.165, 1.54) is 32.1 Å². The minimum atomic E-state index is -0.0291. The zero-order chi connectivity index (χ0) is 16.7. The van der Waals surface area contributed by atoms with Crippen molar-refractivity contribution in [2.75, 3.05) is 13.7 Å². The molecule has 0 aliphatic heterocycles. The summed E-state index contributed by atoms with van der Waals surface area (Å²) in [5.41, 5.74) is 1.93. The monoisotopic (exact) mass is 313 g/mol. The molecule has 1 fully saturated rings. The summed E-state index contributed by atoms with van der Waals surface area (Å²) in [7, 11) is 1.62. The van der Waals surface area contributed by atoms with E-state index in [0.717, 1.165) is 24.3 Å². The van der Waals surface area contributed by atoms with Crippen molar-refractivity contribution in [2.45, 2.75) is 51.9 Å². The zero-order valence-electron chi connectivity index (χ0n) is 14.3. The molecule has 2 rings (SSSR count). The fourth-order valence-electron chi connectivity index (χ4n) is 3.28. The summed E-state index contributed by atoms with van der Waals surface area (Å²) in [6.07, 6.45) is 13.0. The van der Waals surface area contributed by atoms with Crippen LogP contribution < -0.4 is 10.1 Å². The van der Waals surface area contributed by atoms with Crippen molar-refractivity contribution >= 4 is 5.91 Å². The van der Waals surface area contributed by atoms with E-state index in [4.69, 9.17) is 11.2 Å². The van der Waals surface area contributed by atoms with Gasteiger partial charge in [-0.15, -0.1) is 12.3 Å². The second-order valence-electron chi connectivity index (χ2n) is 6.78. The number of benzene rings is 1. The first-order valence-corrected chi connectivity index (χ1v) is 8.46. The van der Waals surface area contributed by atoms with Crippen molar-refractivity contribution in [3.05, 3.63) is 29.3 Å². The summed E-state index contributed by atoms with van der Waals surface area (Å²) in [6, 6.07) is 5.60. The fourth-order valence-corrected chi connectivity index (χ4v) is 3.28. The van der Waals surface area contributed by atoms with E-state index < -0.39 is 0 Å². The quantitative estimate of drug-likeness (QED) is 0.807. The molecule has 0 spiro atoms. The van der Waals surface area contributed by atoms with Gasteiger partial charge in [-0.1, -0.05) is 32.3 Å². The molecule has 0 heterocycles. The number of ether oxygens (including phenoxy) is 1. The van der Waals surface area contributed by atoms with Crippen LogP contribution in [0.25, 0.3) is 0 Å². The van der Waals surface area contributed by atoms with Crippen molar-refractivity contribution in [3.63, 3.8) is 0 Å². The largest absolute Gasteiger partial charge is 0.496 e.